The molecule has 12 aromatic rings. The van der Waals surface area contributed by atoms with Crippen LogP contribution in [0.4, 0.5) is 24.0 Å². The van der Waals surface area contributed by atoms with Crippen molar-refractivity contribution in [2.24, 2.45) is 28.2 Å². The van der Waals surface area contributed by atoms with Crippen LogP contribution >= 0.6 is 11.3 Å². The zero-order valence-corrected chi connectivity index (χ0v) is 53.5. The number of carbonyl (C=O) groups is 5. The number of unbranched alkanes of at least 4 members (excludes halogenated alkanes) is 3. The number of aromatic nitrogens is 16. The van der Waals surface area contributed by atoms with Crippen molar-refractivity contribution in [1.82, 2.24) is 79.2 Å². The number of carboxylic acids is 1. The molecule has 0 aliphatic carbocycles. The van der Waals surface area contributed by atoms with Crippen LogP contribution < -0.4 is 5.32 Å². The molecule has 0 aliphatic heterocycles. The maximum Gasteiger partial charge on any atom is 0.416 e. The van der Waals surface area contributed by atoms with E-state index in [2.05, 4.69) is 65.8 Å². The molecule has 490 valence electrons. The fourth-order valence-electron chi connectivity index (χ4n) is 8.72. The number of anilines is 2. The summed E-state index contributed by atoms with van der Waals surface area (Å²) in [7, 11) is 7.26. The molecule has 94 heavy (non-hydrogen) atoms. The SMILES string of the molecule is CC(CC(=O)c1cc2cn(C)nc2cn1)c1cnc(Nc2ccc(C(F)(F)F)cc2)s1.CCCCOC(=O)c1cc2cn(C)nc2cn1.CCCCOC(=O)c1cc2cn[nH]c2cn1.CCCCOC(=O)c1cc2cnn(C)c2cn1.Cn1cc2cc(C(=O)O)ncc2n1. The van der Waals surface area contributed by atoms with Crippen molar-refractivity contribution < 1.29 is 56.5 Å². The smallest absolute Gasteiger partial charge is 0.416 e. The zero-order chi connectivity index (χ0) is 67.5. The highest BCUT2D eigenvalue weighted by Crippen LogP contribution is 2.33. The summed E-state index contributed by atoms with van der Waals surface area (Å²) < 4.78 is 60.0. The molecule has 1 aromatic carbocycles. The zero-order valence-electron chi connectivity index (χ0n) is 52.7. The van der Waals surface area contributed by atoms with Crippen LogP contribution in [0, 0.1) is 0 Å². The van der Waals surface area contributed by atoms with E-state index < -0.39 is 17.7 Å². The van der Waals surface area contributed by atoms with Crippen LogP contribution in [-0.2, 0) is 48.6 Å². The number of H-pyrrole nitrogens is 1. The van der Waals surface area contributed by atoms with Gasteiger partial charge in [-0.1, -0.05) is 47.0 Å². The van der Waals surface area contributed by atoms with Crippen LogP contribution in [0.25, 0.3) is 54.5 Å². The maximum atomic E-state index is 12.7. The van der Waals surface area contributed by atoms with Gasteiger partial charge in [0.05, 0.1) is 79.8 Å². The van der Waals surface area contributed by atoms with Crippen molar-refractivity contribution in [3.8, 4) is 0 Å². The minimum absolute atomic E-state index is 0.0421. The van der Waals surface area contributed by atoms with Gasteiger partial charge < -0.3 is 24.6 Å². The average Bonchev–Trinajstić information content (AvgIpc) is 1.73. The van der Waals surface area contributed by atoms with E-state index in [1.165, 1.54) is 35.7 Å². The predicted molar refractivity (Wildman–Crippen MR) is 345 cm³/mol. The first-order chi connectivity index (χ1) is 45.1. The quantitative estimate of drug-likeness (QED) is 0.0293. The minimum Gasteiger partial charge on any atom is -0.477 e. The summed E-state index contributed by atoms with van der Waals surface area (Å²) in [6, 6.07) is 13.1. The molecule has 0 radical (unpaired) electrons. The number of hydrogen-bond donors (Lipinski definition) is 3. The summed E-state index contributed by atoms with van der Waals surface area (Å²) in [6.45, 7) is 9.41. The van der Waals surface area contributed by atoms with Crippen LogP contribution in [0.2, 0.25) is 0 Å². The number of ether oxygens (including phenoxy) is 3. The molecule has 0 spiro atoms. The number of aromatic carboxylic acids is 1. The van der Waals surface area contributed by atoms with Crippen molar-refractivity contribution >= 4 is 106 Å². The molecule has 0 amide bonds. The van der Waals surface area contributed by atoms with Gasteiger partial charge in [-0.15, -0.1) is 11.3 Å². The van der Waals surface area contributed by atoms with Gasteiger partial charge in [0.25, 0.3) is 0 Å². The number of aryl methyl sites for hydroxylation is 4. The fourth-order valence-corrected chi connectivity index (χ4v) is 9.61. The molecule has 11 heterocycles. The number of Topliss-reactive ketones (excluding diaryl/α,β-unsaturated/α-hetero) is 1. The molecule has 0 fully saturated rings. The molecular weight excluding hydrogens is 1240 g/mol. The number of halogens is 3. The number of pyridine rings is 5. The Morgan fingerprint density at radius 3 is 1.54 bits per heavy atom. The summed E-state index contributed by atoms with van der Waals surface area (Å²) >= 11 is 1.36. The monoisotopic (exact) mass is 1310 g/mol. The van der Waals surface area contributed by atoms with Crippen molar-refractivity contribution in [3.63, 3.8) is 0 Å². The first-order valence-electron chi connectivity index (χ1n) is 29.7. The number of ketones is 1. The second kappa shape index (κ2) is 32.4. The van der Waals surface area contributed by atoms with Crippen LogP contribution in [-0.4, -0.2) is 134 Å². The van der Waals surface area contributed by atoms with Crippen molar-refractivity contribution in [3.05, 3.63) is 162 Å². The van der Waals surface area contributed by atoms with Crippen LogP contribution in [0.3, 0.4) is 0 Å². The third-order valence-corrected chi connectivity index (χ3v) is 14.9. The van der Waals surface area contributed by atoms with Crippen LogP contribution in [0.15, 0.2) is 123 Å². The molecule has 30 heteroatoms. The van der Waals surface area contributed by atoms with Gasteiger partial charge in [-0.05, 0) is 79.8 Å². The summed E-state index contributed by atoms with van der Waals surface area (Å²) in [5, 5.41) is 39.7. The standard InChI is InChI=1S/C21H18F3N5OS.2C12H15N3O2.C11H13N3O2.C8H7N3O2/c1-12(7-18(30)16-8-13-11-29(2)28-17(13)9-25-16)19-10-26-20(31-19)27-15-5-3-14(4-6-15)21(22,23)24;1-3-4-5-17-12(16)10-6-9-8-15(2)14-11(9)7-13-10;1-3-4-5-17-12(16)10-6-9-7-14-15(2)11(9)8-13-10;1-2-3-4-16-11(15)9-5-8-6-13-14-10(8)7-12-9;1-11-4-5-2-6(8(12)13)9-3-7(5)10-11/h3-6,8-12H,7H2,1-2H3,(H,26,27);2*6-8H,3-5H2,1-2H3;5-7H,2-4H2,1H3,(H,13,14);2-4H,1H3,(H,12,13). The fraction of sp³-hybridized carbons (Fsp3) is 0.312. The second-order valence-electron chi connectivity index (χ2n) is 21.3. The number of esters is 3. The number of benzene rings is 1. The van der Waals surface area contributed by atoms with Crippen molar-refractivity contribution in [2.75, 3.05) is 25.1 Å². The second-order valence-corrected chi connectivity index (χ2v) is 22.3. The van der Waals surface area contributed by atoms with E-state index >= 15 is 0 Å². The van der Waals surface area contributed by atoms with Gasteiger partial charge in [-0.3, -0.25) is 33.6 Å². The molecule has 12 rings (SSSR count). The van der Waals surface area contributed by atoms with Crippen LogP contribution in [0.5, 0.6) is 0 Å². The number of carbonyl (C=O) groups excluding carboxylic acids is 4. The number of nitrogens with one attached hydrogen (secondary N) is 2. The van der Waals surface area contributed by atoms with Crippen molar-refractivity contribution in [1.29, 1.82) is 0 Å². The number of aromatic amines is 1. The first-order valence-corrected chi connectivity index (χ1v) is 30.5. The van der Waals surface area contributed by atoms with E-state index in [9.17, 15) is 37.1 Å². The molecular formula is C64H68F3N17O9S. The Morgan fingerprint density at radius 2 is 1.03 bits per heavy atom. The third-order valence-electron chi connectivity index (χ3n) is 13.8. The van der Waals surface area contributed by atoms with Gasteiger partial charge >= 0.3 is 30.1 Å². The summed E-state index contributed by atoms with van der Waals surface area (Å²) in [6.07, 6.45) is 19.9. The maximum absolute atomic E-state index is 12.7. The van der Waals surface area contributed by atoms with Gasteiger partial charge in [0, 0.05) is 96.9 Å². The number of nitrogens with zero attached hydrogens (tertiary/aromatic N) is 15. The molecule has 1 atom stereocenters. The Kier molecular flexibility index (Phi) is 23.8. The molecule has 0 aliphatic rings. The normalized spacial score (nSPS) is 11.4. The Labute approximate surface area is 539 Å². The average molecular weight is 1310 g/mol. The van der Waals surface area contributed by atoms with Gasteiger partial charge in [0.2, 0.25) is 0 Å². The highest BCUT2D eigenvalue weighted by Gasteiger charge is 2.30. The van der Waals surface area contributed by atoms with E-state index in [1.807, 2.05) is 61.2 Å². The van der Waals surface area contributed by atoms with E-state index in [-0.39, 0.29) is 41.7 Å². The highest BCUT2D eigenvalue weighted by atomic mass is 32.1. The van der Waals surface area contributed by atoms with Crippen LogP contribution in [0.1, 0.15) is 141 Å². The lowest BCUT2D eigenvalue weighted by Gasteiger charge is -2.08. The summed E-state index contributed by atoms with van der Waals surface area (Å²) in [5.74, 6) is -2.31. The summed E-state index contributed by atoms with van der Waals surface area (Å²) in [4.78, 5) is 83.4. The molecule has 0 saturated heterocycles. The lowest BCUT2D eigenvalue weighted by atomic mass is 10.0. The van der Waals surface area contributed by atoms with E-state index in [0.29, 0.717) is 58.9 Å². The topological polar surface area (TPSA) is 323 Å². The lowest BCUT2D eigenvalue weighted by Crippen LogP contribution is -2.08. The molecule has 3 N–H and O–H groups in total. The van der Waals surface area contributed by atoms with E-state index in [1.54, 1.807) is 99.6 Å². The Bertz CT molecular complexity index is 4530. The minimum atomic E-state index is -4.37. The number of carboxylic acid groups (broad SMARTS) is 1. The van der Waals surface area contributed by atoms with E-state index in [4.69, 9.17) is 19.3 Å². The first kappa shape index (κ1) is 69.0. The number of alkyl halides is 3. The van der Waals surface area contributed by atoms with Gasteiger partial charge in [0.1, 0.15) is 45.0 Å². The molecule has 1 unspecified atom stereocenters. The van der Waals surface area contributed by atoms with Gasteiger partial charge in [-0.2, -0.15) is 38.7 Å². The molecule has 0 bridgehead atoms. The number of rotatable bonds is 19. The largest absolute Gasteiger partial charge is 0.477 e. The Morgan fingerprint density at radius 1 is 0.574 bits per heavy atom. The molecule has 26 nitrogen and oxygen atoms in total. The Balaban J connectivity index is 0.000000157. The molecule has 0 saturated carbocycles. The van der Waals surface area contributed by atoms with Gasteiger partial charge in [-0.25, -0.2) is 44.1 Å². The van der Waals surface area contributed by atoms with E-state index in [0.717, 1.165) is 105 Å². The predicted octanol–water partition coefficient (Wildman–Crippen LogP) is 12.0. The van der Waals surface area contributed by atoms with Gasteiger partial charge in [0.15, 0.2) is 10.9 Å². The third kappa shape index (κ3) is 19.1. The van der Waals surface area contributed by atoms with Crippen molar-refractivity contribution in [2.45, 2.75) is 84.7 Å². The number of hydrogen-bond acceptors (Lipinski definition) is 21. The number of fused-ring (bicyclic) bond motifs is 5. The number of thiazole rings is 1. The Hall–Kier alpha value is -10.9. The lowest BCUT2D eigenvalue weighted by molar-refractivity contribution is -0.137. The molecule has 11 aromatic heterocycles. The summed E-state index contributed by atoms with van der Waals surface area (Å²) in [5.41, 5.74) is 5.14. The highest BCUT2D eigenvalue weighted by molar-refractivity contribution is 7.15.